The quantitative estimate of drug-likeness (QED) is 0.642. The zero-order valence-corrected chi connectivity index (χ0v) is 11.1. The fraction of sp³-hybridized carbons (Fsp3) is 0.333. The van der Waals surface area contributed by atoms with Gasteiger partial charge >= 0.3 is 18.0 Å². The first-order valence-corrected chi connectivity index (χ1v) is 6.35. The van der Waals surface area contributed by atoms with E-state index in [-0.39, 0.29) is 0 Å². The molecule has 0 fully saturated rings. The number of aryl methyl sites for hydroxylation is 1. The first-order chi connectivity index (χ1) is 10.1. The minimum absolute atomic E-state index is 0.302. The van der Waals surface area contributed by atoms with Gasteiger partial charge < -0.3 is 0 Å². The van der Waals surface area contributed by atoms with Crippen LogP contribution in [0, 0.1) is 0 Å². The van der Waals surface area contributed by atoms with Crippen LogP contribution in [0.2, 0.25) is 0 Å². The van der Waals surface area contributed by atoms with Crippen LogP contribution < -0.4 is 0 Å². The predicted octanol–water partition coefficient (Wildman–Crippen LogP) is 5.61. The lowest BCUT2D eigenvalue weighted by Gasteiger charge is -2.28. The van der Waals surface area contributed by atoms with Crippen LogP contribution in [0.3, 0.4) is 0 Å². The standard InChI is InChI=1S/C15H11F7/c16-13(17,14(18,19)15(20,21)22)9-8-11-6-3-5-10-4-1-2-7-12(10)11/h1-7H,8-9H2. The Labute approximate surface area is 121 Å². The number of fused-ring (bicyclic) bond motifs is 1. The Kier molecular flexibility index (Phi) is 4.10. The highest BCUT2D eigenvalue weighted by Crippen LogP contribution is 2.48. The summed E-state index contributed by atoms with van der Waals surface area (Å²) in [6.45, 7) is 0. The van der Waals surface area contributed by atoms with Crippen molar-refractivity contribution < 1.29 is 30.7 Å². The third-order valence-corrected chi connectivity index (χ3v) is 3.40. The van der Waals surface area contributed by atoms with Crippen molar-refractivity contribution in [3.8, 4) is 0 Å². The average Bonchev–Trinajstić information content (AvgIpc) is 2.43. The van der Waals surface area contributed by atoms with Gasteiger partial charge in [-0.25, -0.2) is 0 Å². The van der Waals surface area contributed by atoms with Crippen LogP contribution in [-0.2, 0) is 6.42 Å². The molecule has 0 saturated heterocycles. The molecule has 0 nitrogen and oxygen atoms in total. The third-order valence-electron chi connectivity index (χ3n) is 3.40. The van der Waals surface area contributed by atoms with Gasteiger partial charge in [0.2, 0.25) is 0 Å². The van der Waals surface area contributed by atoms with Crippen LogP contribution in [0.5, 0.6) is 0 Å². The van der Waals surface area contributed by atoms with Gasteiger partial charge in [-0.2, -0.15) is 30.7 Å². The van der Waals surface area contributed by atoms with Crippen molar-refractivity contribution in [2.45, 2.75) is 30.9 Å². The van der Waals surface area contributed by atoms with E-state index in [4.69, 9.17) is 0 Å². The molecule has 0 N–H and O–H groups in total. The topological polar surface area (TPSA) is 0 Å². The van der Waals surface area contributed by atoms with Crippen molar-refractivity contribution in [2.24, 2.45) is 0 Å². The van der Waals surface area contributed by atoms with Crippen molar-refractivity contribution in [1.82, 2.24) is 0 Å². The number of hydrogen-bond donors (Lipinski definition) is 0. The van der Waals surface area contributed by atoms with Crippen LogP contribution in [0.4, 0.5) is 30.7 Å². The van der Waals surface area contributed by atoms with E-state index in [0.717, 1.165) is 0 Å². The highest BCUT2D eigenvalue weighted by Gasteiger charge is 2.72. The SMILES string of the molecule is FC(F)(F)C(F)(F)C(F)(F)CCc1cccc2ccccc12. The average molecular weight is 324 g/mol. The summed E-state index contributed by atoms with van der Waals surface area (Å²) in [6.07, 6.45) is -8.46. The second kappa shape index (κ2) is 5.44. The Morgan fingerprint density at radius 1 is 0.727 bits per heavy atom. The van der Waals surface area contributed by atoms with E-state index in [9.17, 15) is 30.7 Å². The Morgan fingerprint density at radius 2 is 1.32 bits per heavy atom. The summed E-state index contributed by atoms with van der Waals surface area (Å²) in [7, 11) is 0. The lowest BCUT2D eigenvalue weighted by atomic mass is 9.97. The number of rotatable bonds is 4. The zero-order chi connectivity index (χ0) is 16.6. The zero-order valence-electron chi connectivity index (χ0n) is 11.1. The van der Waals surface area contributed by atoms with Crippen molar-refractivity contribution >= 4 is 10.8 Å². The van der Waals surface area contributed by atoms with Gasteiger partial charge in [0.1, 0.15) is 0 Å². The number of hydrogen-bond acceptors (Lipinski definition) is 0. The molecule has 2 aromatic rings. The maximum Gasteiger partial charge on any atom is 0.459 e. The van der Waals surface area contributed by atoms with Gasteiger partial charge in [0.25, 0.3) is 0 Å². The van der Waals surface area contributed by atoms with E-state index in [1.165, 1.54) is 12.1 Å². The minimum Gasteiger partial charge on any atom is -0.199 e. The molecule has 7 heteroatoms. The van der Waals surface area contributed by atoms with E-state index in [1.54, 1.807) is 30.3 Å². The molecule has 0 aromatic heterocycles. The monoisotopic (exact) mass is 324 g/mol. The van der Waals surface area contributed by atoms with Crippen LogP contribution >= 0.6 is 0 Å². The fourth-order valence-electron chi connectivity index (χ4n) is 2.17. The van der Waals surface area contributed by atoms with Crippen LogP contribution in [0.1, 0.15) is 12.0 Å². The Morgan fingerprint density at radius 3 is 1.95 bits per heavy atom. The molecule has 0 heterocycles. The largest absolute Gasteiger partial charge is 0.459 e. The molecular formula is C15H11F7. The molecule has 120 valence electrons. The predicted molar refractivity (Wildman–Crippen MR) is 68.2 cm³/mol. The summed E-state index contributed by atoms with van der Waals surface area (Å²) in [4.78, 5) is 0. The van der Waals surface area contributed by atoms with Gasteiger partial charge in [-0.05, 0) is 22.8 Å². The van der Waals surface area contributed by atoms with E-state index < -0.39 is 30.9 Å². The summed E-state index contributed by atoms with van der Waals surface area (Å²) < 4.78 is 88.6. The Hall–Kier alpha value is -1.79. The minimum atomic E-state index is -6.28. The normalized spacial score (nSPS) is 13.6. The van der Waals surface area contributed by atoms with Crippen LogP contribution in [-0.4, -0.2) is 18.0 Å². The molecule has 0 spiro atoms. The van der Waals surface area contributed by atoms with Crippen molar-refractivity contribution in [1.29, 1.82) is 0 Å². The fourth-order valence-corrected chi connectivity index (χ4v) is 2.17. The molecule has 0 aliphatic carbocycles. The first-order valence-electron chi connectivity index (χ1n) is 6.35. The molecule has 0 aliphatic heterocycles. The lowest BCUT2D eigenvalue weighted by molar-refractivity contribution is -0.355. The first kappa shape index (κ1) is 16.6. The molecule has 0 saturated carbocycles. The molecule has 2 aromatic carbocycles. The molecule has 22 heavy (non-hydrogen) atoms. The third kappa shape index (κ3) is 2.89. The van der Waals surface area contributed by atoms with Gasteiger partial charge in [-0.15, -0.1) is 0 Å². The van der Waals surface area contributed by atoms with Crippen LogP contribution in [0.15, 0.2) is 42.5 Å². The van der Waals surface area contributed by atoms with Gasteiger partial charge in [-0.3, -0.25) is 0 Å². The molecule has 0 unspecified atom stereocenters. The highest BCUT2D eigenvalue weighted by molar-refractivity contribution is 5.85. The van der Waals surface area contributed by atoms with E-state index >= 15 is 0 Å². The van der Waals surface area contributed by atoms with Gasteiger partial charge in [0.15, 0.2) is 0 Å². The molecular weight excluding hydrogens is 313 g/mol. The maximum atomic E-state index is 13.3. The lowest BCUT2D eigenvalue weighted by Crippen LogP contribution is -2.52. The smallest absolute Gasteiger partial charge is 0.199 e. The molecule has 0 amide bonds. The van der Waals surface area contributed by atoms with Gasteiger partial charge in [-0.1, -0.05) is 42.5 Å². The van der Waals surface area contributed by atoms with Crippen LogP contribution in [0.25, 0.3) is 10.8 Å². The van der Waals surface area contributed by atoms with Crippen molar-refractivity contribution in [3.05, 3.63) is 48.0 Å². The highest BCUT2D eigenvalue weighted by atomic mass is 19.4. The second-order valence-electron chi connectivity index (χ2n) is 4.91. The summed E-state index contributed by atoms with van der Waals surface area (Å²) >= 11 is 0. The second-order valence-corrected chi connectivity index (χ2v) is 4.91. The van der Waals surface area contributed by atoms with E-state index in [0.29, 0.717) is 16.3 Å². The Bertz CT molecular complexity index is 653. The molecule has 0 aliphatic rings. The van der Waals surface area contributed by atoms with Crippen molar-refractivity contribution in [3.63, 3.8) is 0 Å². The van der Waals surface area contributed by atoms with E-state index in [1.807, 2.05) is 0 Å². The number of benzene rings is 2. The maximum absolute atomic E-state index is 13.3. The summed E-state index contributed by atoms with van der Waals surface area (Å²) in [6, 6.07) is 11.3. The molecule has 0 atom stereocenters. The van der Waals surface area contributed by atoms with Crippen molar-refractivity contribution in [2.75, 3.05) is 0 Å². The molecule has 0 bridgehead atoms. The summed E-state index contributed by atoms with van der Waals surface area (Å²) in [5.41, 5.74) is 0.302. The summed E-state index contributed by atoms with van der Waals surface area (Å²) in [5.74, 6) is -11.2. The van der Waals surface area contributed by atoms with Gasteiger partial charge in [0.05, 0.1) is 0 Å². The number of alkyl halides is 7. The Balaban J connectivity index is 2.25. The van der Waals surface area contributed by atoms with Gasteiger partial charge in [0, 0.05) is 6.42 Å². The molecule has 0 radical (unpaired) electrons. The number of halogens is 7. The molecule has 2 rings (SSSR count). The van der Waals surface area contributed by atoms with E-state index in [2.05, 4.69) is 0 Å². The summed E-state index contributed by atoms with van der Waals surface area (Å²) in [5, 5.41) is 1.25.